The zero-order valence-electron chi connectivity index (χ0n) is 87.1. The molecule has 0 aromatic heterocycles. The van der Waals surface area contributed by atoms with Gasteiger partial charge in [-0.25, -0.2) is 9.36 Å². The number of phosphoric ester groups is 1. The third kappa shape index (κ3) is 30.4. The first-order chi connectivity index (χ1) is 56.8. The highest BCUT2D eigenvalue weighted by molar-refractivity contribution is 7.48. The van der Waals surface area contributed by atoms with Gasteiger partial charge in [0.25, 0.3) is 5.79 Å². The van der Waals surface area contributed by atoms with Crippen LogP contribution in [-0.4, -0.2) is 205 Å². The Labute approximate surface area is 597 Å². The van der Waals surface area contributed by atoms with E-state index in [1.54, 1.807) is 0 Å². The smallest absolute Gasteiger partial charge is 0.465 e. The van der Waals surface area contributed by atoms with Gasteiger partial charge in [-0.2, -0.15) is 0 Å². The summed E-state index contributed by atoms with van der Waals surface area (Å²) in [7, 11) is -46.3. The fourth-order valence-electron chi connectivity index (χ4n) is 11.7. The number of phosphoric acid groups is 1. The highest BCUT2D eigenvalue weighted by atomic mass is 31.2. The normalized spacial score (nSPS) is 31.7. The van der Waals surface area contributed by atoms with Crippen molar-refractivity contribution in [2.75, 3.05) is 97.7 Å². The van der Waals surface area contributed by atoms with Gasteiger partial charge in [0.2, 0.25) is 11.8 Å². The number of ether oxygens (including phenoxy) is 12. The van der Waals surface area contributed by atoms with Crippen LogP contribution in [0.2, 0.25) is 0 Å². The molecule has 1 aliphatic heterocycles. The zero-order valence-corrected chi connectivity index (χ0v) is 55.0. The van der Waals surface area contributed by atoms with Gasteiger partial charge in [-0.05, 0) is 19.3 Å². The van der Waals surface area contributed by atoms with Crippen LogP contribution in [0.15, 0.2) is 12.2 Å². The molecule has 1 unspecified atom stereocenters. The van der Waals surface area contributed by atoms with Gasteiger partial charge in [-0.3, -0.25) is 23.2 Å². The Morgan fingerprint density at radius 2 is 1.11 bits per heavy atom. The second-order valence-electron chi connectivity index (χ2n) is 23.6. The molecule has 0 bridgehead atoms. The maximum Gasteiger partial charge on any atom is 0.475 e. The minimum atomic E-state index is -6.72. The van der Waals surface area contributed by atoms with E-state index in [0.29, 0.717) is 32.6 Å². The predicted molar refractivity (Wildman–Crippen MR) is 355 cm³/mol. The summed E-state index contributed by atoms with van der Waals surface area (Å²) in [6.07, 6.45) is -3.58. The molecule has 21 nitrogen and oxygen atoms in total. The molecule has 536 valence electrons. The second kappa shape index (κ2) is 51.1. The Kier molecular flexibility index (Phi) is 25.5. The number of rotatable bonds is 57. The van der Waals surface area contributed by atoms with Crippen LogP contribution >= 0.6 is 7.82 Å². The van der Waals surface area contributed by atoms with Gasteiger partial charge in [0.05, 0.1) is 85.7 Å². The van der Waals surface area contributed by atoms with Gasteiger partial charge in [0.15, 0.2) is 0 Å². The number of nitrogens with zero attached hydrogens (tertiary/aromatic N) is 1. The fraction of sp³-hybridized carbons (Fsp3) is 0.928. The monoisotopic (exact) mass is 1360 g/mol. The maximum absolute atomic E-state index is 16.1. The number of allylic oxidation sites excluding steroid dienone is 1. The molecule has 2 fully saturated rings. The number of amides is 2. The Hall–Kier alpha value is -2.18. The van der Waals surface area contributed by atoms with Crippen LogP contribution in [0.3, 0.4) is 0 Å². The minimum Gasteiger partial charge on any atom is -0.465 e. The molecule has 1 saturated heterocycles. The van der Waals surface area contributed by atoms with E-state index >= 15 is 9.36 Å². The van der Waals surface area contributed by atoms with Crippen molar-refractivity contribution in [1.29, 1.82) is 0 Å². The number of nitrogens with one attached hydrogen (secondary N) is 1. The van der Waals surface area contributed by atoms with Crippen molar-refractivity contribution in [2.45, 2.75) is 318 Å². The molecule has 91 heavy (non-hydrogen) atoms. The predicted octanol–water partition coefficient (Wildman–Crippen LogP) is 13.4. The summed E-state index contributed by atoms with van der Waals surface area (Å²) in [6, 6.07) is -4.94. The van der Waals surface area contributed by atoms with Crippen molar-refractivity contribution in [3.8, 4) is 0 Å². The molecule has 2 aliphatic rings. The molecule has 0 radical (unpaired) electrons. The minimum absolute atomic E-state index is 0.214. The van der Waals surface area contributed by atoms with Crippen LogP contribution < -0.4 is 5.32 Å². The number of carbonyl (C=O) groups excluding carboxylic acids is 3. The van der Waals surface area contributed by atoms with Gasteiger partial charge >= 0.3 is 13.8 Å². The van der Waals surface area contributed by atoms with Crippen molar-refractivity contribution >= 4 is 25.6 Å². The second-order valence-corrected chi connectivity index (χ2v) is 25.1. The number of likely N-dealkylation sites (N-methyl/N-ethyl adjacent to an activating group) is 1. The van der Waals surface area contributed by atoms with E-state index in [0.717, 1.165) is 90.6 Å². The molecule has 15 atom stereocenters. The summed E-state index contributed by atoms with van der Waals surface area (Å²) < 4.78 is 373. The first-order valence-electron chi connectivity index (χ1n) is 49.2. The van der Waals surface area contributed by atoms with Crippen LogP contribution in [0.25, 0.3) is 0 Å². The topological polar surface area (TPSA) is 222 Å². The number of hydrogen-bond donors (Lipinski definition) is 1. The van der Waals surface area contributed by atoms with Gasteiger partial charge in [0, 0.05) is 101 Å². The van der Waals surface area contributed by atoms with Crippen LogP contribution in [-0.2, 0) is 89.4 Å². The lowest BCUT2D eigenvalue weighted by Crippen LogP contribution is -2.72. The van der Waals surface area contributed by atoms with Crippen LogP contribution in [0, 0.1) is 0 Å². The zero-order chi connectivity index (χ0) is 94.8. The van der Waals surface area contributed by atoms with Crippen molar-refractivity contribution in [3.05, 3.63) is 12.2 Å². The van der Waals surface area contributed by atoms with Crippen molar-refractivity contribution in [3.63, 3.8) is 0 Å². The van der Waals surface area contributed by atoms with Gasteiger partial charge in [0.1, 0.15) is 54.9 Å². The third-order valence-corrected chi connectivity index (χ3v) is 18.0. The van der Waals surface area contributed by atoms with Crippen LogP contribution in [0.5, 0.6) is 0 Å². The number of hydrogen-bond acceptors (Lipinski definition) is 19. The highest BCUT2D eigenvalue weighted by Crippen LogP contribution is 2.53. The fourth-order valence-corrected chi connectivity index (χ4v) is 12.7. The van der Waals surface area contributed by atoms with Crippen LogP contribution in [0.1, 0.15) is 278 Å². The summed E-state index contributed by atoms with van der Waals surface area (Å²) in [6.45, 7) is -1.99. The van der Waals surface area contributed by atoms with Gasteiger partial charge < -0.3 is 67.1 Å². The van der Waals surface area contributed by atoms with E-state index < -0.39 is 208 Å². The lowest BCUT2D eigenvalue weighted by molar-refractivity contribution is -0.360. The summed E-state index contributed by atoms with van der Waals surface area (Å²) in [4.78, 5) is 43.5. The summed E-state index contributed by atoms with van der Waals surface area (Å²) in [5.41, 5.74) is 0. The van der Waals surface area contributed by atoms with E-state index in [2.05, 4.69) is 19.2 Å². The quantitative estimate of drug-likeness (QED) is 0.0259. The molecular formula is C69H131N2O19P. The number of esters is 1. The molecule has 1 heterocycles. The summed E-state index contributed by atoms with van der Waals surface area (Å²) in [5, 5.41) is 2.53. The first kappa shape index (κ1) is 45.4. The van der Waals surface area contributed by atoms with E-state index in [4.69, 9.17) is 116 Å². The average Bonchev–Trinajstić information content (AvgIpc) is 0.720. The molecule has 2 rings (SSSR count). The highest BCUT2D eigenvalue weighted by Gasteiger charge is 2.63. The molecule has 0 aromatic rings. The molecule has 22 heteroatoms. The molecule has 0 aromatic carbocycles. The first-order valence-corrected chi connectivity index (χ1v) is 34.1. The lowest BCUT2D eigenvalue weighted by atomic mass is 9.83. The van der Waals surface area contributed by atoms with Crippen molar-refractivity contribution < 1.29 is 135 Å². The Morgan fingerprint density at radius 3 is 1.59 bits per heavy atom. The lowest BCUT2D eigenvalue weighted by Gasteiger charge is -2.54. The molecule has 1 saturated carbocycles. The molecular weight excluding hydrogens is 1190 g/mol. The van der Waals surface area contributed by atoms with E-state index in [-0.39, 0.29) is 24.2 Å². The molecule has 1 aliphatic carbocycles. The third-order valence-electron chi connectivity index (χ3n) is 16.8. The Bertz CT molecular complexity index is 3090. The molecule has 1 N–H and O–H groups in total. The van der Waals surface area contributed by atoms with E-state index in [1.807, 2.05) is 0 Å². The molecule has 0 spiro atoms. The van der Waals surface area contributed by atoms with Crippen molar-refractivity contribution in [1.82, 2.24) is 10.2 Å². The number of carbonyl (C=O) groups is 3. The maximum atomic E-state index is 16.1. The van der Waals surface area contributed by atoms with Gasteiger partial charge in [-0.15, -0.1) is 0 Å². The summed E-state index contributed by atoms with van der Waals surface area (Å²) in [5.74, 6) is -9.71. The van der Waals surface area contributed by atoms with E-state index in [9.17, 15) is 9.59 Å². The van der Waals surface area contributed by atoms with Crippen LogP contribution in [0.4, 0.5) is 0 Å². The Morgan fingerprint density at radius 1 is 0.604 bits per heavy atom. The Balaban J connectivity index is 3.24. The van der Waals surface area contributed by atoms with Crippen molar-refractivity contribution in [2.24, 2.45) is 0 Å². The van der Waals surface area contributed by atoms with E-state index in [1.165, 1.54) is 89.2 Å². The number of unbranched alkanes of at least 4 members (excludes halogenated alkanes) is 29. The average molecular weight is 1360 g/mol. The SMILES string of the molecule is [2H]C([2H])([2H])OC(=O)[C@@]1(O[C@H]2[C@@H](OC([2H])([2H])[2H])[C@@H](OP(=O)(OC[C@H](NC(=O)CCCCCCCCCCCCCCCCCCCCCCC)[C@@H](/C=C/CCCCCCCCCCC)OC([2H])([2H])[2H])OC([2H])([2H])[2H])[C@H](OC([2H])([2H])[2H])[C@@H](OC([2H])([2H])[2H])[C@@H]2OC([2H])([2H])[2H])C[C@H](OC([2H])([2H])[2H])[C@@H](N(C(C)=O)C([2H])([2H])[2H])[C@H]([C@H](OC([2H])([2H])[2H])[C@@H](COC)OC([2H])([2H])[2H])O1. The standard InChI is InChI=1S/C69H131N2O19P/c1-16-18-20-22-24-26-28-29-30-31-32-33-34-35-36-37-39-41-43-45-47-49-58(73)70-54(55(77-6)48-46-44-42-40-38-27-25-23-21-19-17-2)51-87-91(75,86-15)90-67-64(83-12)62(81-10)63(82-11)66(65(67)84-13)89-69(68(74)85-14)50-56(78-7)59(71(4)53(3)72)61(88-69)60(80-9)57(79-8)52-76-5/h46,48,54-57,59-67H,16-45,47,49-52H2,1-15H3,(H,70,73)/b48-46+/t54-,55+,56-,57+,59+,60+,61+,62-,63-,64+,65+,66+,67-,69-,91?/m0/s1/i4D3,6D3,7D3,8D3,9D3,10D3,11D3,12D3,13D3,14D3,15D3. The largest absolute Gasteiger partial charge is 0.475 e. The molecule has 2 amide bonds. The van der Waals surface area contributed by atoms with Gasteiger partial charge in [-0.1, -0.05) is 206 Å². The summed E-state index contributed by atoms with van der Waals surface area (Å²) >= 11 is 0. The number of methoxy groups -OCH3 is 10.